The van der Waals surface area contributed by atoms with Gasteiger partial charge < -0.3 is 5.73 Å². The largest absolute Gasteiger partial charge is 0.327 e. The van der Waals surface area contributed by atoms with E-state index < -0.39 is 10.8 Å². The molecular weight excluding hydrogens is 230 g/mol. The first-order valence-corrected chi connectivity index (χ1v) is 8.42. The molecule has 0 aromatic carbocycles. The Morgan fingerprint density at radius 2 is 1.88 bits per heavy atom. The molecule has 0 aromatic rings. The maximum absolute atomic E-state index is 12.3. The third kappa shape index (κ3) is 4.70. The summed E-state index contributed by atoms with van der Waals surface area (Å²) < 4.78 is 12.3. The molecule has 1 aliphatic carbocycles. The first kappa shape index (κ1) is 15.2. The SMILES string of the molecule is CC(C)CCS(=O)C1CC(C(C)C)CCC1N. The quantitative estimate of drug-likeness (QED) is 0.825. The van der Waals surface area contributed by atoms with Crippen molar-refractivity contribution in [1.29, 1.82) is 0 Å². The van der Waals surface area contributed by atoms with E-state index in [2.05, 4.69) is 27.7 Å². The minimum absolute atomic E-state index is 0.165. The topological polar surface area (TPSA) is 43.1 Å². The van der Waals surface area contributed by atoms with E-state index in [4.69, 9.17) is 5.73 Å². The van der Waals surface area contributed by atoms with Crippen LogP contribution in [0.3, 0.4) is 0 Å². The van der Waals surface area contributed by atoms with E-state index in [1.54, 1.807) is 0 Å². The van der Waals surface area contributed by atoms with Gasteiger partial charge in [0.2, 0.25) is 0 Å². The second-order valence-corrected chi connectivity index (χ2v) is 8.06. The Kier molecular flexibility index (Phi) is 6.14. The van der Waals surface area contributed by atoms with Crippen molar-refractivity contribution in [3.63, 3.8) is 0 Å². The molecule has 17 heavy (non-hydrogen) atoms. The van der Waals surface area contributed by atoms with E-state index in [9.17, 15) is 4.21 Å². The number of hydrogen-bond acceptors (Lipinski definition) is 2. The fourth-order valence-corrected chi connectivity index (χ4v) is 4.59. The van der Waals surface area contributed by atoms with E-state index in [0.717, 1.165) is 30.9 Å². The van der Waals surface area contributed by atoms with Gasteiger partial charge >= 0.3 is 0 Å². The van der Waals surface area contributed by atoms with Gasteiger partial charge in [0.15, 0.2) is 0 Å². The number of rotatable bonds is 5. The molecule has 4 atom stereocenters. The van der Waals surface area contributed by atoms with Gasteiger partial charge in [-0.25, -0.2) is 0 Å². The van der Waals surface area contributed by atoms with Gasteiger partial charge in [-0.1, -0.05) is 27.7 Å². The zero-order valence-corrected chi connectivity index (χ0v) is 12.6. The smallest absolute Gasteiger partial charge is 0.0501 e. The van der Waals surface area contributed by atoms with Crippen LogP contribution in [-0.4, -0.2) is 21.3 Å². The molecule has 4 unspecified atom stereocenters. The van der Waals surface area contributed by atoms with Crippen LogP contribution in [0.1, 0.15) is 53.4 Å². The first-order valence-electron chi connectivity index (χ1n) is 7.04. The molecule has 0 spiro atoms. The Hall–Kier alpha value is 0.110. The van der Waals surface area contributed by atoms with Gasteiger partial charge in [0.05, 0.1) is 5.25 Å². The molecule has 0 aromatic heterocycles. The van der Waals surface area contributed by atoms with E-state index in [0.29, 0.717) is 11.8 Å². The zero-order chi connectivity index (χ0) is 13.0. The Balaban J connectivity index is 2.51. The molecule has 0 aliphatic heterocycles. The lowest BCUT2D eigenvalue weighted by Gasteiger charge is -2.35. The van der Waals surface area contributed by atoms with Gasteiger partial charge in [-0.15, -0.1) is 0 Å². The van der Waals surface area contributed by atoms with Crippen molar-refractivity contribution >= 4 is 10.8 Å². The van der Waals surface area contributed by atoms with Gasteiger partial charge in [0.25, 0.3) is 0 Å². The Labute approximate surface area is 109 Å². The van der Waals surface area contributed by atoms with Crippen LogP contribution in [0.15, 0.2) is 0 Å². The van der Waals surface area contributed by atoms with Crippen molar-refractivity contribution in [2.75, 3.05) is 5.75 Å². The lowest BCUT2D eigenvalue weighted by atomic mass is 9.79. The van der Waals surface area contributed by atoms with Crippen molar-refractivity contribution in [2.24, 2.45) is 23.5 Å². The molecule has 2 nitrogen and oxygen atoms in total. The van der Waals surface area contributed by atoms with Crippen LogP contribution < -0.4 is 5.73 Å². The average Bonchev–Trinajstić information content (AvgIpc) is 2.26. The third-order valence-corrected chi connectivity index (χ3v) is 5.92. The fraction of sp³-hybridized carbons (Fsp3) is 1.00. The summed E-state index contributed by atoms with van der Waals surface area (Å²) in [7, 11) is -0.719. The van der Waals surface area contributed by atoms with E-state index in [1.165, 1.54) is 6.42 Å². The highest BCUT2D eigenvalue weighted by Gasteiger charge is 2.33. The summed E-state index contributed by atoms with van der Waals surface area (Å²) in [5, 5.41) is 0.245. The Morgan fingerprint density at radius 1 is 1.24 bits per heavy atom. The summed E-state index contributed by atoms with van der Waals surface area (Å²) in [6, 6.07) is 0.165. The molecule has 0 heterocycles. The van der Waals surface area contributed by atoms with Crippen LogP contribution in [-0.2, 0) is 10.8 Å². The zero-order valence-electron chi connectivity index (χ0n) is 11.8. The van der Waals surface area contributed by atoms with Gasteiger partial charge in [-0.05, 0) is 43.4 Å². The lowest BCUT2D eigenvalue weighted by Crippen LogP contribution is -2.44. The van der Waals surface area contributed by atoms with Gasteiger partial charge in [-0.2, -0.15) is 0 Å². The van der Waals surface area contributed by atoms with Crippen molar-refractivity contribution in [2.45, 2.75) is 64.7 Å². The predicted octanol–water partition coefficient (Wildman–Crippen LogP) is 2.93. The van der Waals surface area contributed by atoms with Gasteiger partial charge in [0.1, 0.15) is 0 Å². The highest BCUT2D eigenvalue weighted by Crippen LogP contribution is 2.32. The van der Waals surface area contributed by atoms with Crippen molar-refractivity contribution in [1.82, 2.24) is 0 Å². The summed E-state index contributed by atoms with van der Waals surface area (Å²) in [5.41, 5.74) is 6.16. The van der Waals surface area contributed by atoms with Gasteiger partial charge in [-0.3, -0.25) is 4.21 Å². The highest BCUT2D eigenvalue weighted by atomic mass is 32.2. The van der Waals surface area contributed by atoms with Crippen molar-refractivity contribution in [3.8, 4) is 0 Å². The standard InChI is InChI=1S/C14H29NOS/c1-10(2)7-8-17(16)14-9-12(11(3)4)5-6-13(14)15/h10-14H,5-9,15H2,1-4H3. The maximum atomic E-state index is 12.3. The molecule has 1 aliphatic rings. The maximum Gasteiger partial charge on any atom is 0.0501 e. The van der Waals surface area contributed by atoms with Crippen molar-refractivity contribution in [3.05, 3.63) is 0 Å². The van der Waals surface area contributed by atoms with Crippen LogP contribution >= 0.6 is 0 Å². The van der Waals surface area contributed by atoms with Crippen LogP contribution in [0.25, 0.3) is 0 Å². The van der Waals surface area contributed by atoms with Crippen LogP contribution in [0.2, 0.25) is 0 Å². The summed E-state index contributed by atoms with van der Waals surface area (Å²) >= 11 is 0. The molecule has 3 heteroatoms. The summed E-state index contributed by atoms with van der Waals surface area (Å²) in [6.07, 6.45) is 4.41. The minimum atomic E-state index is -0.719. The second kappa shape index (κ2) is 6.89. The Bertz CT molecular complexity index is 253. The Morgan fingerprint density at radius 3 is 2.41 bits per heavy atom. The van der Waals surface area contributed by atoms with E-state index >= 15 is 0 Å². The first-order chi connectivity index (χ1) is 7.91. The molecular formula is C14H29NOS. The monoisotopic (exact) mass is 259 g/mol. The molecule has 1 rings (SSSR count). The number of hydrogen-bond donors (Lipinski definition) is 1. The van der Waals surface area contributed by atoms with Gasteiger partial charge in [0, 0.05) is 22.6 Å². The molecule has 102 valence electrons. The molecule has 0 bridgehead atoms. The molecule has 0 amide bonds. The van der Waals surface area contributed by atoms with Crippen LogP contribution in [0.4, 0.5) is 0 Å². The van der Waals surface area contributed by atoms with Crippen molar-refractivity contribution < 1.29 is 4.21 Å². The summed E-state index contributed by atoms with van der Waals surface area (Å²) in [4.78, 5) is 0. The summed E-state index contributed by atoms with van der Waals surface area (Å²) in [5.74, 6) is 2.90. The van der Waals surface area contributed by atoms with Crippen LogP contribution in [0, 0.1) is 17.8 Å². The minimum Gasteiger partial charge on any atom is -0.327 e. The lowest BCUT2D eigenvalue weighted by molar-refractivity contribution is 0.263. The van der Waals surface area contributed by atoms with Crippen LogP contribution in [0.5, 0.6) is 0 Å². The van der Waals surface area contributed by atoms with E-state index in [1.807, 2.05) is 0 Å². The average molecular weight is 259 g/mol. The second-order valence-electron chi connectivity index (χ2n) is 6.29. The summed E-state index contributed by atoms with van der Waals surface area (Å²) in [6.45, 7) is 8.93. The molecule has 1 fully saturated rings. The molecule has 1 saturated carbocycles. The third-order valence-electron chi connectivity index (χ3n) is 4.06. The van der Waals surface area contributed by atoms with E-state index in [-0.39, 0.29) is 11.3 Å². The molecule has 0 radical (unpaired) electrons. The normalized spacial score (nSPS) is 32.1. The molecule has 0 saturated heterocycles. The molecule has 2 N–H and O–H groups in total. The highest BCUT2D eigenvalue weighted by molar-refractivity contribution is 7.85. The fourth-order valence-electron chi connectivity index (χ4n) is 2.59. The number of nitrogens with two attached hydrogens (primary N) is 1. The predicted molar refractivity (Wildman–Crippen MR) is 76.4 cm³/mol.